The fraction of sp³-hybridized carbons (Fsp3) is 0.571. The van der Waals surface area contributed by atoms with Crippen LogP contribution in [-0.4, -0.2) is 6.10 Å². The highest BCUT2D eigenvalue weighted by molar-refractivity contribution is 9.08. The molecule has 1 aromatic rings. The van der Waals surface area contributed by atoms with Crippen LogP contribution in [0.15, 0.2) is 24.3 Å². The minimum atomic E-state index is 0.436. The number of halogens is 1. The van der Waals surface area contributed by atoms with Crippen LogP contribution in [0.1, 0.15) is 38.2 Å². The lowest BCUT2D eigenvalue weighted by Crippen LogP contribution is -2.22. The average Bonchev–Trinajstić information content (AvgIpc) is 2.33. The number of benzene rings is 1. The second-order valence-corrected chi connectivity index (χ2v) is 5.34. The summed E-state index contributed by atoms with van der Waals surface area (Å²) >= 11 is 3.45. The maximum atomic E-state index is 5.99. The molecule has 0 atom stereocenters. The summed E-state index contributed by atoms with van der Waals surface area (Å²) in [5.74, 6) is 1.90. The van der Waals surface area contributed by atoms with Crippen LogP contribution in [0.4, 0.5) is 0 Å². The summed E-state index contributed by atoms with van der Waals surface area (Å²) in [5.41, 5.74) is 1.30. The average molecular weight is 283 g/mol. The third-order valence-corrected chi connectivity index (χ3v) is 3.99. The second kappa shape index (κ2) is 5.72. The molecule has 2 heteroatoms. The lowest BCUT2D eigenvalue weighted by molar-refractivity contribution is 0.135. The first-order valence-corrected chi connectivity index (χ1v) is 7.21. The first kappa shape index (κ1) is 12.0. The summed E-state index contributed by atoms with van der Waals surface area (Å²) in [6.07, 6.45) is 5.47. The van der Waals surface area contributed by atoms with Crippen LogP contribution in [0.25, 0.3) is 0 Å². The minimum Gasteiger partial charge on any atom is -0.490 e. The van der Waals surface area contributed by atoms with Gasteiger partial charge in [-0.25, -0.2) is 0 Å². The second-order valence-electron chi connectivity index (χ2n) is 4.78. The zero-order valence-corrected chi connectivity index (χ0v) is 11.4. The van der Waals surface area contributed by atoms with Crippen molar-refractivity contribution in [3.8, 4) is 5.75 Å². The number of rotatable bonds is 3. The maximum Gasteiger partial charge on any atom is 0.119 e. The van der Waals surface area contributed by atoms with Gasteiger partial charge in [-0.3, -0.25) is 0 Å². The van der Waals surface area contributed by atoms with Gasteiger partial charge in [0, 0.05) is 5.33 Å². The fourth-order valence-corrected chi connectivity index (χ4v) is 2.57. The van der Waals surface area contributed by atoms with Crippen molar-refractivity contribution in [1.29, 1.82) is 0 Å². The van der Waals surface area contributed by atoms with E-state index in [-0.39, 0.29) is 0 Å². The number of alkyl halides is 1. The van der Waals surface area contributed by atoms with Gasteiger partial charge in [-0.2, -0.15) is 0 Å². The highest BCUT2D eigenvalue weighted by Gasteiger charge is 2.19. The molecule has 88 valence electrons. The van der Waals surface area contributed by atoms with E-state index in [1.54, 1.807) is 0 Å². The Labute approximate surface area is 106 Å². The molecule has 1 aromatic carbocycles. The third kappa shape index (κ3) is 3.24. The molecule has 0 amide bonds. The van der Waals surface area contributed by atoms with E-state index in [2.05, 4.69) is 47.1 Å². The lowest BCUT2D eigenvalue weighted by atomic mass is 9.89. The summed E-state index contributed by atoms with van der Waals surface area (Å²) in [5, 5.41) is 0.911. The molecule has 0 bridgehead atoms. The summed E-state index contributed by atoms with van der Waals surface area (Å²) in [7, 11) is 0. The van der Waals surface area contributed by atoms with E-state index in [9.17, 15) is 0 Å². The smallest absolute Gasteiger partial charge is 0.119 e. The van der Waals surface area contributed by atoms with Crippen LogP contribution >= 0.6 is 15.9 Å². The third-order valence-electron chi connectivity index (χ3n) is 3.34. The van der Waals surface area contributed by atoms with Crippen LogP contribution in [-0.2, 0) is 5.33 Å². The predicted octanol–water partition coefficient (Wildman–Crippen LogP) is 4.54. The van der Waals surface area contributed by atoms with E-state index in [0.29, 0.717) is 6.10 Å². The Hall–Kier alpha value is -0.500. The molecule has 1 aliphatic carbocycles. The summed E-state index contributed by atoms with van der Waals surface area (Å²) < 4.78 is 5.99. The molecule has 0 spiro atoms. The van der Waals surface area contributed by atoms with Crippen molar-refractivity contribution in [1.82, 2.24) is 0 Å². The van der Waals surface area contributed by atoms with Crippen molar-refractivity contribution in [3.05, 3.63) is 29.8 Å². The van der Waals surface area contributed by atoms with E-state index < -0.39 is 0 Å². The molecule has 1 aliphatic rings. The Morgan fingerprint density at radius 3 is 2.31 bits per heavy atom. The van der Waals surface area contributed by atoms with Gasteiger partial charge in [-0.1, -0.05) is 35.0 Å². The molecule has 1 saturated carbocycles. The first-order chi connectivity index (χ1) is 7.78. The lowest BCUT2D eigenvalue weighted by Gasteiger charge is -2.26. The molecule has 16 heavy (non-hydrogen) atoms. The highest BCUT2D eigenvalue weighted by atomic mass is 79.9. The Kier molecular flexibility index (Phi) is 4.28. The summed E-state index contributed by atoms with van der Waals surface area (Å²) in [6, 6.07) is 8.40. The molecule has 1 nitrogen and oxygen atoms in total. The highest BCUT2D eigenvalue weighted by Crippen LogP contribution is 2.27. The van der Waals surface area contributed by atoms with Gasteiger partial charge in [0.25, 0.3) is 0 Å². The number of hydrogen-bond acceptors (Lipinski definition) is 1. The molecule has 0 aliphatic heterocycles. The van der Waals surface area contributed by atoms with Crippen molar-refractivity contribution < 1.29 is 4.74 Å². The van der Waals surface area contributed by atoms with Crippen LogP contribution in [0.5, 0.6) is 5.75 Å². The molecule has 0 aromatic heterocycles. The SMILES string of the molecule is CC1CCC(Oc2ccc(CBr)cc2)CC1. The van der Waals surface area contributed by atoms with Gasteiger partial charge in [-0.15, -0.1) is 0 Å². The molecule has 0 N–H and O–H groups in total. The van der Waals surface area contributed by atoms with Crippen molar-refractivity contribution in [2.45, 2.75) is 44.0 Å². The molecule has 0 radical (unpaired) electrons. The fourth-order valence-electron chi connectivity index (χ4n) is 2.20. The van der Waals surface area contributed by atoms with Crippen molar-refractivity contribution >= 4 is 15.9 Å². The normalized spacial score (nSPS) is 25.4. The minimum absolute atomic E-state index is 0.436. The van der Waals surface area contributed by atoms with Gasteiger partial charge >= 0.3 is 0 Å². The molecule has 0 unspecified atom stereocenters. The monoisotopic (exact) mass is 282 g/mol. The Morgan fingerprint density at radius 2 is 1.75 bits per heavy atom. The van der Waals surface area contributed by atoms with E-state index in [0.717, 1.165) is 17.0 Å². The number of ether oxygens (including phenoxy) is 1. The van der Waals surface area contributed by atoms with Crippen molar-refractivity contribution in [2.24, 2.45) is 5.92 Å². The number of hydrogen-bond donors (Lipinski definition) is 0. The maximum absolute atomic E-state index is 5.99. The zero-order chi connectivity index (χ0) is 11.4. The van der Waals surface area contributed by atoms with Gasteiger partial charge in [0.05, 0.1) is 6.10 Å². The van der Waals surface area contributed by atoms with Gasteiger partial charge in [0.2, 0.25) is 0 Å². The van der Waals surface area contributed by atoms with Gasteiger partial charge in [-0.05, 0) is 49.3 Å². The molecular weight excluding hydrogens is 264 g/mol. The van der Waals surface area contributed by atoms with E-state index >= 15 is 0 Å². The van der Waals surface area contributed by atoms with Crippen LogP contribution < -0.4 is 4.74 Å². The van der Waals surface area contributed by atoms with Crippen molar-refractivity contribution in [2.75, 3.05) is 0 Å². The Morgan fingerprint density at radius 1 is 1.12 bits per heavy atom. The Balaban J connectivity index is 1.88. The van der Waals surface area contributed by atoms with Crippen molar-refractivity contribution in [3.63, 3.8) is 0 Å². The molecular formula is C14H19BrO. The summed E-state index contributed by atoms with van der Waals surface area (Å²) in [4.78, 5) is 0. The van der Waals surface area contributed by atoms with Crippen LogP contribution in [0, 0.1) is 5.92 Å². The molecule has 1 fully saturated rings. The quantitative estimate of drug-likeness (QED) is 0.740. The standard InChI is InChI=1S/C14H19BrO/c1-11-2-6-13(7-3-11)16-14-8-4-12(10-15)5-9-14/h4-5,8-9,11,13H,2-3,6-7,10H2,1H3. The van der Waals surface area contributed by atoms with Gasteiger partial charge in [0.15, 0.2) is 0 Å². The van der Waals surface area contributed by atoms with E-state index in [1.807, 2.05) is 0 Å². The van der Waals surface area contributed by atoms with E-state index in [4.69, 9.17) is 4.74 Å². The summed E-state index contributed by atoms with van der Waals surface area (Å²) in [6.45, 7) is 2.33. The molecule has 2 rings (SSSR count). The topological polar surface area (TPSA) is 9.23 Å². The van der Waals surface area contributed by atoms with Gasteiger partial charge in [0.1, 0.15) is 5.75 Å². The molecule has 0 heterocycles. The first-order valence-electron chi connectivity index (χ1n) is 6.09. The van der Waals surface area contributed by atoms with Crippen LogP contribution in [0.2, 0.25) is 0 Å². The zero-order valence-electron chi connectivity index (χ0n) is 9.79. The van der Waals surface area contributed by atoms with E-state index in [1.165, 1.54) is 31.2 Å². The Bertz CT molecular complexity index is 312. The van der Waals surface area contributed by atoms with Crippen LogP contribution in [0.3, 0.4) is 0 Å². The van der Waals surface area contributed by atoms with Gasteiger partial charge < -0.3 is 4.74 Å². The molecule has 0 saturated heterocycles. The largest absolute Gasteiger partial charge is 0.490 e. The predicted molar refractivity (Wildman–Crippen MR) is 71.1 cm³/mol.